The van der Waals surface area contributed by atoms with Gasteiger partial charge in [-0.25, -0.2) is 4.39 Å². The fourth-order valence-corrected chi connectivity index (χ4v) is 3.87. The molecule has 0 saturated carbocycles. The summed E-state index contributed by atoms with van der Waals surface area (Å²) in [5.41, 5.74) is -0.113. The summed E-state index contributed by atoms with van der Waals surface area (Å²) < 4.78 is 21.3. The molecule has 1 aromatic carbocycles. The van der Waals surface area contributed by atoms with Crippen LogP contribution in [-0.4, -0.2) is 57.8 Å². The van der Waals surface area contributed by atoms with Crippen molar-refractivity contribution in [3.8, 4) is 0 Å². The van der Waals surface area contributed by atoms with Gasteiger partial charge >= 0.3 is 0 Å². The molecule has 0 radical (unpaired) electrons. The van der Waals surface area contributed by atoms with Gasteiger partial charge in [0.1, 0.15) is 11.6 Å². The van der Waals surface area contributed by atoms with E-state index in [0.717, 1.165) is 12.2 Å². The number of ether oxygens (including phenoxy) is 1. The molecule has 3 heterocycles. The third-order valence-electron chi connectivity index (χ3n) is 5.29. The van der Waals surface area contributed by atoms with Gasteiger partial charge in [0.2, 0.25) is 5.91 Å². The first-order valence-corrected chi connectivity index (χ1v) is 9.92. The molecule has 154 valence electrons. The Hall–Kier alpha value is -2.52. The number of nitrogens with one attached hydrogen (secondary N) is 1. The van der Waals surface area contributed by atoms with Crippen molar-refractivity contribution < 1.29 is 18.7 Å². The predicted octanol–water partition coefficient (Wildman–Crippen LogP) is 1.42. The Morgan fingerprint density at radius 1 is 1.28 bits per heavy atom. The smallest absolute Gasteiger partial charge is 0.258 e. The van der Waals surface area contributed by atoms with Crippen molar-refractivity contribution in [3.63, 3.8) is 0 Å². The summed E-state index contributed by atoms with van der Waals surface area (Å²) in [4.78, 5) is 26.6. The van der Waals surface area contributed by atoms with Crippen LogP contribution in [0, 0.1) is 11.7 Å². The van der Waals surface area contributed by atoms with Gasteiger partial charge in [0.15, 0.2) is 5.82 Å². The SMILES string of the molecule is O=C(NCc1nnc2n1CCN(C(=O)c1c(F)cccc1Cl)CC2)C1CCOC1. The summed E-state index contributed by atoms with van der Waals surface area (Å²) >= 11 is 6.04. The lowest BCUT2D eigenvalue weighted by Crippen LogP contribution is -2.35. The number of hydrogen-bond donors (Lipinski definition) is 1. The maximum absolute atomic E-state index is 14.1. The van der Waals surface area contributed by atoms with E-state index in [1.165, 1.54) is 18.2 Å². The minimum Gasteiger partial charge on any atom is -0.381 e. The average Bonchev–Trinajstić information content (AvgIpc) is 3.32. The van der Waals surface area contributed by atoms with Crippen molar-refractivity contribution in [1.82, 2.24) is 25.0 Å². The highest BCUT2D eigenvalue weighted by molar-refractivity contribution is 6.33. The number of fused-ring (bicyclic) bond motifs is 1. The Morgan fingerprint density at radius 2 is 2.14 bits per heavy atom. The molecule has 4 rings (SSSR count). The van der Waals surface area contributed by atoms with Crippen LogP contribution in [0.15, 0.2) is 18.2 Å². The Balaban J connectivity index is 1.42. The minimum absolute atomic E-state index is 0.0560. The Bertz CT molecular complexity index is 908. The van der Waals surface area contributed by atoms with Gasteiger partial charge in [-0.15, -0.1) is 10.2 Å². The number of aromatic nitrogens is 3. The van der Waals surface area contributed by atoms with Crippen LogP contribution in [0.4, 0.5) is 4.39 Å². The van der Waals surface area contributed by atoms with Gasteiger partial charge in [0, 0.05) is 32.7 Å². The van der Waals surface area contributed by atoms with Gasteiger partial charge in [0.05, 0.1) is 29.7 Å². The fourth-order valence-electron chi connectivity index (χ4n) is 3.63. The summed E-state index contributed by atoms with van der Waals surface area (Å²) in [6, 6.07) is 4.19. The van der Waals surface area contributed by atoms with E-state index < -0.39 is 11.7 Å². The molecule has 0 bridgehead atoms. The zero-order valence-corrected chi connectivity index (χ0v) is 16.5. The average molecular weight is 422 g/mol. The highest BCUT2D eigenvalue weighted by Crippen LogP contribution is 2.22. The van der Waals surface area contributed by atoms with Crippen molar-refractivity contribution in [3.05, 3.63) is 46.3 Å². The van der Waals surface area contributed by atoms with Crippen molar-refractivity contribution in [2.24, 2.45) is 5.92 Å². The molecule has 1 aromatic heterocycles. The number of hydrogen-bond acceptors (Lipinski definition) is 5. The number of halogens is 2. The van der Waals surface area contributed by atoms with Crippen LogP contribution in [0.1, 0.15) is 28.4 Å². The number of rotatable bonds is 4. The number of carbonyl (C=O) groups excluding carboxylic acids is 2. The van der Waals surface area contributed by atoms with Crippen molar-refractivity contribution in [2.75, 3.05) is 26.3 Å². The molecule has 2 amide bonds. The molecule has 1 unspecified atom stereocenters. The van der Waals surface area contributed by atoms with Gasteiger partial charge in [-0.05, 0) is 18.6 Å². The van der Waals surface area contributed by atoms with Gasteiger partial charge in [-0.3, -0.25) is 9.59 Å². The molecule has 1 fully saturated rings. The summed E-state index contributed by atoms with van der Waals surface area (Å²) in [6.45, 7) is 2.51. The number of amides is 2. The first kappa shape index (κ1) is 19.8. The van der Waals surface area contributed by atoms with Crippen molar-refractivity contribution in [1.29, 1.82) is 0 Å². The molecule has 1 atom stereocenters. The lowest BCUT2D eigenvalue weighted by molar-refractivity contribution is -0.125. The highest BCUT2D eigenvalue weighted by atomic mass is 35.5. The van der Waals surface area contributed by atoms with Crippen LogP contribution in [0.25, 0.3) is 0 Å². The Morgan fingerprint density at radius 3 is 2.90 bits per heavy atom. The van der Waals surface area contributed by atoms with E-state index in [1.54, 1.807) is 4.90 Å². The summed E-state index contributed by atoms with van der Waals surface area (Å²) in [5.74, 6) is 0.104. The van der Waals surface area contributed by atoms with E-state index >= 15 is 0 Å². The summed E-state index contributed by atoms with van der Waals surface area (Å²) in [6.07, 6.45) is 1.20. The predicted molar refractivity (Wildman–Crippen MR) is 102 cm³/mol. The third kappa shape index (κ3) is 4.11. The van der Waals surface area contributed by atoms with Gasteiger partial charge in [-0.2, -0.15) is 0 Å². The van der Waals surface area contributed by atoms with Crippen molar-refractivity contribution >= 4 is 23.4 Å². The lowest BCUT2D eigenvalue weighted by Gasteiger charge is -2.21. The molecule has 2 aliphatic rings. The van der Waals surface area contributed by atoms with E-state index in [0.29, 0.717) is 45.1 Å². The molecule has 2 aromatic rings. The second kappa shape index (κ2) is 8.46. The van der Waals surface area contributed by atoms with Gasteiger partial charge in [-0.1, -0.05) is 17.7 Å². The second-order valence-electron chi connectivity index (χ2n) is 7.10. The molecular formula is C19H21ClFN5O3. The molecular weight excluding hydrogens is 401 g/mol. The van der Waals surface area contributed by atoms with E-state index in [1.807, 2.05) is 4.57 Å². The lowest BCUT2D eigenvalue weighted by atomic mass is 10.1. The molecule has 2 aliphatic heterocycles. The summed E-state index contributed by atoms with van der Waals surface area (Å²) in [7, 11) is 0. The number of benzene rings is 1. The van der Waals surface area contributed by atoms with Crippen LogP contribution >= 0.6 is 11.6 Å². The highest BCUT2D eigenvalue weighted by Gasteiger charge is 2.27. The molecule has 0 spiro atoms. The Labute approximate surface area is 172 Å². The number of carbonyl (C=O) groups is 2. The van der Waals surface area contributed by atoms with Crippen molar-refractivity contribution in [2.45, 2.75) is 25.9 Å². The molecule has 8 nitrogen and oxygen atoms in total. The normalized spacial score (nSPS) is 19.0. The monoisotopic (exact) mass is 421 g/mol. The quantitative estimate of drug-likeness (QED) is 0.806. The second-order valence-corrected chi connectivity index (χ2v) is 7.51. The van der Waals surface area contributed by atoms with Crippen LogP contribution in [0.2, 0.25) is 5.02 Å². The van der Waals surface area contributed by atoms with Gasteiger partial charge < -0.3 is 19.5 Å². The van der Waals surface area contributed by atoms with Crippen LogP contribution in [0.5, 0.6) is 0 Å². The molecule has 1 saturated heterocycles. The third-order valence-corrected chi connectivity index (χ3v) is 5.60. The van der Waals surface area contributed by atoms with Gasteiger partial charge in [0.25, 0.3) is 5.91 Å². The zero-order valence-electron chi connectivity index (χ0n) is 15.7. The largest absolute Gasteiger partial charge is 0.381 e. The standard InChI is InChI=1S/C19H21ClFN5O3/c20-13-2-1-3-14(21)17(13)19(28)25-6-4-15-23-24-16(26(15)8-7-25)10-22-18(27)12-5-9-29-11-12/h1-3,12H,4-11H2,(H,22,27). The topological polar surface area (TPSA) is 89.4 Å². The first-order chi connectivity index (χ1) is 14.0. The van der Waals surface area contributed by atoms with E-state index in [-0.39, 0.29) is 29.0 Å². The first-order valence-electron chi connectivity index (χ1n) is 9.54. The van der Waals surface area contributed by atoms with Crippen LogP contribution in [-0.2, 0) is 29.0 Å². The molecule has 1 N–H and O–H groups in total. The molecule has 29 heavy (non-hydrogen) atoms. The minimum atomic E-state index is -0.634. The maximum Gasteiger partial charge on any atom is 0.258 e. The number of nitrogens with zero attached hydrogens (tertiary/aromatic N) is 4. The summed E-state index contributed by atoms with van der Waals surface area (Å²) in [5, 5.41) is 11.3. The zero-order chi connectivity index (χ0) is 20.4. The maximum atomic E-state index is 14.1. The van der Waals surface area contributed by atoms with Crippen LogP contribution < -0.4 is 5.32 Å². The van der Waals surface area contributed by atoms with Crippen LogP contribution in [0.3, 0.4) is 0 Å². The Kier molecular flexibility index (Phi) is 5.77. The van der Waals surface area contributed by atoms with E-state index in [4.69, 9.17) is 16.3 Å². The van der Waals surface area contributed by atoms with E-state index in [2.05, 4.69) is 15.5 Å². The fraction of sp³-hybridized carbons (Fsp3) is 0.474. The molecule has 10 heteroatoms. The molecule has 0 aliphatic carbocycles. The van der Waals surface area contributed by atoms with E-state index in [9.17, 15) is 14.0 Å².